The summed E-state index contributed by atoms with van der Waals surface area (Å²) in [5.41, 5.74) is 7.13. The molecule has 98 valence electrons. The molecule has 19 heavy (non-hydrogen) atoms. The maximum Gasteiger partial charge on any atom is 0.167 e. The van der Waals surface area contributed by atoms with Gasteiger partial charge in [-0.15, -0.1) is 0 Å². The van der Waals surface area contributed by atoms with E-state index in [1.54, 1.807) is 19.1 Å². The smallest absolute Gasteiger partial charge is 0.167 e. The Morgan fingerprint density at radius 1 is 1.21 bits per heavy atom. The Morgan fingerprint density at radius 3 is 2.58 bits per heavy atom. The van der Waals surface area contributed by atoms with Gasteiger partial charge in [0.05, 0.1) is 12.3 Å². The quantitative estimate of drug-likeness (QED) is 0.676. The summed E-state index contributed by atoms with van der Waals surface area (Å²) < 4.78 is 18.8. The second-order valence-electron chi connectivity index (χ2n) is 3.91. The summed E-state index contributed by atoms with van der Waals surface area (Å²) in [4.78, 5) is 4.19. The zero-order valence-corrected chi connectivity index (χ0v) is 10.6. The molecule has 0 atom stereocenters. The van der Waals surface area contributed by atoms with Crippen LogP contribution >= 0.6 is 0 Å². The van der Waals surface area contributed by atoms with Gasteiger partial charge in [0.15, 0.2) is 11.6 Å². The average molecular weight is 258 g/mol. The Kier molecular flexibility index (Phi) is 4.13. The highest BCUT2D eigenvalue weighted by Gasteiger charge is 2.04. The van der Waals surface area contributed by atoms with Crippen LogP contribution in [0.4, 0.5) is 10.1 Å². The monoisotopic (exact) mass is 258 g/mol. The minimum Gasteiger partial charge on any atom is -0.491 e. The van der Waals surface area contributed by atoms with Gasteiger partial charge in [-0.25, -0.2) is 9.38 Å². The molecular weight excluding hydrogens is 243 g/mol. The summed E-state index contributed by atoms with van der Waals surface area (Å²) in [5.74, 6) is 0.132. The lowest BCUT2D eigenvalue weighted by molar-refractivity contribution is 0.321. The molecule has 2 N–H and O–H groups in total. The Labute approximate surface area is 111 Å². The molecule has 2 aromatic carbocycles. The standard InChI is InChI=1S/C15H15FN2O/c1-2-19-14-9-8-12(10-13(14)16)18-15(17)11-6-4-3-5-7-11/h3-10H,2H2,1H3,(H2,17,18). The molecular formula is C15H15FN2O. The molecule has 0 heterocycles. The van der Waals surface area contributed by atoms with E-state index in [2.05, 4.69) is 4.99 Å². The van der Waals surface area contributed by atoms with Gasteiger partial charge in [0.25, 0.3) is 0 Å². The van der Waals surface area contributed by atoms with Crippen molar-refractivity contribution in [3.05, 3.63) is 59.9 Å². The summed E-state index contributed by atoms with van der Waals surface area (Å²) in [6.45, 7) is 2.23. The fourth-order valence-electron chi connectivity index (χ4n) is 1.64. The minimum absolute atomic E-state index is 0.222. The Bertz CT molecular complexity index is 582. The number of rotatable bonds is 4. The van der Waals surface area contributed by atoms with Crippen LogP contribution in [0.1, 0.15) is 12.5 Å². The zero-order valence-electron chi connectivity index (χ0n) is 10.6. The zero-order chi connectivity index (χ0) is 13.7. The number of amidine groups is 1. The van der Waals surface area contributed by atoms with E-state index < -0.39 is 5.82 Å². The molecule has 0 aromatic heterocycles. The van der Waals surface area contributed by atoms with Crippen molar-refractivity contribution in [3.63, 3.8) is 0 Å². The molecule has 2 aromatic rings. The Hall–Kier alpha value is -2.36. The minimum atomic E-state index is -0.441. The van der Waals surface area contributed by atoms with E-state index in [0.29, 0.717) is 18.1 Å². The van der Waals surface area contributed by atoms with Gasteiger partial charge in [0.1, 0.15) is 5.84 Å². The van der Waals surface area contributed by atoms with E-state index in [-0.39, 0.29) is 5.75 Å². The highest BCUT2D eigenvalue weighted by atomic mass is 19.1. The fraction of sp³-hybridized carbons (Fsp3) is 0.133. The second-order valence-corrected chi connectivity index (χ2v) is 3.91. The van der Waals surface area contributed by atoms with Crippen molar-refractivity contribution in [1.82, 2.24) is 0 Å². The maximum absolute atomic E-state index is 13.7. The number of aliphatic imine (C=N–C) groups is 1. The summed E-state index contributed by atoms with van der Waals surface area (Å²) in [5, 5.41) is 0. The van der Waals surface area contributed by atoms with Crippen LogP contribution < -0.4 is 10.5 Å². The lowest BCUT2D eigenvalue weighted by atomic mass is 10.2. The molecule has 0 fully saturated rings. The van der Waals surface area contributed by atoms with Crippen molar-refractivity contribution in [2.45, 2.75) is 6.92 Å². The summed E-state index contributed by atoms with van der Waals surface area (Å²) in [7, 11) is 0. The first-order valence-electron chi connectivity index (χ1n) is 6.02. The Balaban J connectivity index is 2.26. The number of nitrogens with zero attached hydrogens (tertiary/aromatic N) is 1. The van der Waals surface area contributed by atoms with E-state index in [1.807, 2.05) is 30.3 Å². The van der Waals surface area contributed by atoms with Gasteiger partial charge in [-0.3, -0.25) is 0 Å². The third-order valence-electron chi connectivity index (χ3n) is 2.53. The first-order valence-corrected chi connectivity index (χ1v) is 6.02. The van der Waals surface area contributed by atoms with Crippen LogP contribution in [0.3, 0.4) is 0 Å². The van der Waals surface area contributed by atoms with E-state index in [9.17, 15) is 4.39 Å². The van der Waals surface area contributed by atoms with Gasteiger partial charge in [-0.2, -0.15) is 0 Å². The number of hydrogen-bond acceptors (Lipinski definition) is 2. The van der Waals surface area contributed by atoms with E-state index in [0.717, 1.165) is 5.56 Å². The molecule has 0 saturated heterocycles. The largest absolute Gasteiger partial charge is 0.491 e. The topological polar surface area (TPSA) is 47.6 Å². The van der Waals surface area contributed by atoms with Crippen molar-refractivity contribution in [2.75, 3.05) is 6.61 Å². The van der Waals surface area contributed by atoms with Crippen molar-refractivity contribution < 1.29 is 9.13 Å². The van der Waals surface area contributed by atoms with Gasteiger partial charge in [-0.05, 0) is 19.1 Å². The predicted octanol–water partition coefficient (Wildman–Crippen LogP) is 3.26. The predicted molar refractivity (Wildman–Crippen MR) is 74.4 cm³/mol. The fourth-order valence-corrected chi connectivity index (χ4v) is 1.64. The van der Waals surface area contributed by atoms with Gasteiger partial charge in [0.2, 0.25) is 0 Å². The molecule has 0 aliphatic rings. The molecule has 0 amide bonds. The van der Waals surface area contributed by atoms with Gasteiger partial charge in [-0.1, -0.05) is 30.3 Å². The van der Waals surface area contributed by atoms with Gasteiger partial charge >= 0.3 is 0 Å². The summed E-state index contributed by atoms with van der Waals surface area (Å²) >= 11 is 0. The molecule has 0 saturated carbocycles. The maximum atomic E-state index is 13.7. The third kappa shape index (κ3) is 3.31. The molecule has 3 nitrogen and oxygen atoms in total. The van der Waals surface area contributed by atoms with Gasteiger partial charge < -0.3 is 10.5 Å². The van der Waals surface area contributed by atoms with Crippen LogP contribution in [0, 0.1) is 5.82 Å². The highest BCUT2D eigenvalue weighted by molar-refractivity contribution is 5.98. The van der Waals surface area contributed by atoms with Crippen LogP contribution in [0.5, 0.6) is 5.75 Å². The van der Waals surface area contributed by atoms with Crippen molar-refractivity contribution >= 4 is 11.5 Å². The van der Waals surface area contributed by atoms with E-state index >= 15 is 0 Å². The number of nitrogens with two attached hydrogens (primary N) is 1. The first-order chi connectivity index (χ1) is 9.20. The van der Waals surface area contributed by atoms with Crippen LogP contribution in [0.25, 0.3) is 0 Å². The molecule has 0 aliphatic carbocycles. The molecule has 0 bridgehead atoms. The van der Waals surface area contributed by atoms with Crippen LogP contribution in [0.15, 0.2) is 53.5 Å². The van der Waals surface area contributed by atoms with E-state index in [1.165, 1.54) is 6.07 Å². The molecule has 4 heteroatoms. The molecule has 0 aliphatic heterocycles. The van der Waals surface area contributed by atoms with Crippen LogP contribution in [0.2, 0.25) is 0 Å². The summed E-state index contributed by atoms with van der Waals surface area (Å²) in [6, 6.07) is 13.9. The third-order valence-corrected chi connectivity index (χ3v) is 2.53. The normalized spacial score (nSPS) is 11.4. The number of benzene rings is 2. The molecule has 0 radical (unpaired) electrons. The highest BCUT2D eigenvalue weighted by Crippen LogP contribution is 2.23. The second kappa shape index (κ2) is 6.00. The van der Waals surface area contributed by atoms with Crippen molar-refractivity contribution in [3.8, 4) is 5.75 Å². The van der Waals surface area contributed by atoms with E-state index in [4.69, 9.17) is 10.5 Å². The SMILES string of the molecule is CCOc1ccc(N=C(N)c2ccccc2)cc1F. The average Bonchev–Trinajstić information content (AvgIpc) is 2.43. The Morgan fingerprint density at radius 2 is 1.95 bits per heavy atom. The number of halogens is 1. The number of hydrogen-bond donors (Lipinski definition) is 1. The first kappa shape index (κ1) is 13.1. The van der Waals surface area contributed by atoms with Crippen LogP contribution in [-0.4, -0.2) is 12.4 Å². The lowest BCUT2D eigenvalue weighted by Gasteiger charge is -2.05. The number of ether oxygens (including phenoxy) is 1. The molecule has 0 unspecified atom stereocenters. The molecule has 2 rings (SSSR count). The lowest BCUT2D eigenvalue weighted by Crippen LogP contribution is -2.12. The molecule has 0 spiro atoms. The summed E-state index contributed by atoms with van der Waals surface area (Å²) in [6.07, 6.45) is 0. The van der Waals surface area contributed by atoms with Crippen molar-refractivity contribution in [2.24, 2.45) is 10.7 Å². The van der Waals surface area contributed by atoms with Crippen molar-refractivity contribution in [1.29, 1.82) is 0 Å². The van der Waals surface area contributed by atoms with Gasteiger partial charge in [0, 0.05) is 11.6 Å². The van der Waals surface area contributed by atoms with Crippen LogP contribution in [-0.2, 0) is 0 Å².